The molecule has 0 saturated heterocycles. The van der Waals surface area contributed by atoms with Gasteiger partial charge in [0.05, 0.1) is 11.8 Å². The summed E-state index contributed by atoms with van der Waals surface area (Å²) in [5.41, 5.74) is 2.16. The summed E-state index contributed by atoms with van der Waals surface area (Å²) in [5.74, 6) is -0.259. The predicted octanol–water partition coefficient (Wildman–Crippen LogP) is 4.04. The van der Waals surface area contributed by atoms with Gasteiger partial charge in [0, 0.05) is 17.8 Å². The summed E-state index contributed by atoms with van der Waals surface area (Å²) in [7, 11) is 0. The van der Waals surface area contributed by atoms with Crippen LogP contribution >= 0.6 is 0 Å². The van der Waals surface area contributed by atoms with Gasteiger partial charge in [0.15, 0.2) is 0 Å². The van der Waals surface area contributed by atoms with Gasteiger partial charge < -0.3 is 10.0 Å². The molecule has 0 bridgehead atoms. The number of aliphatic hydroxyl groups is 1. The lowest BCUT2D eigenvalue weighted by Gasteiger charge is -2.27. The highest BCUT2D eigenvalue weighted by Gasteiger charge is 2.16. The van der Waals surface area contributed by atoms with E-state index in [2.05, 4.69) is 0 Å². The van der Waals surface area contributed by atoms with E-state index in [9.17, 15) is 9.50 Å². The molecule has 0 unspecified atom stereocenters. The Kier molecular flexibility index (Phi) is 4.17. The Morgan fingerprint density at radius 2 is 1.63 bits per heavy atom. The molecule has 0 spiro atoms. The molecule has 1 N–H and O–H groups in total. The van der Waals surface area contributed by atoms with E-state index in [0.717, 1.165) is 11.3 Å². The van der Waals surface area contributed by atoms with Crippen molar-refractivity contribution >= 4 is 11.4 Å². The van der Waals surface area contributed by atoms with Crippen molar-refractivity contribution in [2.24, 2.45) is 0 Å². The Balaban J connectivity index is 2.52. The van der Waals surface area contributed by atoms with Crippen LogP contribution in [0.3, 0.4) is 0 Å². The number of rotatable bonds is 4. The SMILES string of the molecule is CCN(c1ccccc1F)c1ccccc1[C@H](C)O. The summed E-state index contributed by atoms with van der Waals surface area (Å²) in [4.78, 5) is 1.87. The first-order valence-corrected chi connectivity index (χ1v) is 6.44. The summed E-state index contributed by atoms with van der Waals surface area (Å²) < 4.78 is 13.9. The monoisotopic (exact) mass is 259 g/mol. The maximum atomic E-state index is 13.9. The first-order valence-electron chi connectivity index (χ1n) is 6.44. The molecule has 2 rings (SSSR count). The Labute approximate surface area is 113 Å². The molecule has 0 aromatic heterocycles. The zero-order valence-corrected chi connectivity index (χ0v) is 11.2. The van der Waals surface area contributed by atoms with Gasteiger partial charge in [-0.2, -0.15) is 0 Å². The van der Waals surface area contributed by atoms with Gasteiger partial charge in [-0.1, -0.05) is 30.3 Å². The molecule has 0 radical (unpaired) electrons. The Morgan fingerprint density at radius 1 is 1.05 bits per heavy atom. The van der Waals surface area contributed by atoms with Crippen molar-refractivity contribution < 1.29 is 9.50 Å². The van der Waals surface area contributed by atoms with Crippen LogP contribution in [0.15, 0.2) is 48.5 Å². The van der Waals surface area contributed by atoms with Gasteiger partial charge in [-0.05, 0) is 32.0 Å². The molecule has 0 heterocycles. The fraction of sp³-hybridized carbons (Fsp3) is 0.250. The molecule has 2 aromatic carbocycles. The number of anilines is 2. The van der Waals surface area contributed by atoms with Gasteiger partial charge >= 0.3 is 0 Å². The van der Waals surface area contributed by atoms with Gasteiger partial charge in [-0.15, -0.1) is 0 Å². The molecular weight excluding hydrogens is 241 g/mol. The van der Waals surface area contributed by atoms with E-state index in [1.165, 1.54) is 6.07 Å². The molecule has 0 aliphatic carbocycles. The number of halogens is 1. The van der Waals surface area contributed by atoms with Gasteiger partial charge in [-0.25, -0.2) is 4.39 Å². The second kappa shape index (κ2) is 5.85. The van der Waals surface area contributed by atoms with Crippen LogP contribution in [-0.4, -0.2) is 11.7 Å². The standard InChI is InChI=1S/C16H18FNO/c1-3-18(16-11-7-5-9-14(16)17)15-10-6-4-8-13(15)12(2)19/h4-12,19H,3H2,1-2H3/t12-/m0/s1. The van der Waals surface area contributed by atoms with Crippen LogP contribution < -0.4 is 4.90 Å². The van der Waals surface area contributed by atoms with Crippen molar-refractivity contribution in [2.75, 3.05) is 11.4 Å². The summed E-state index contributed by atoms with van der Waals surface area (Å²) in [5, 5.41) is 9.84. The highest BCUT2D eigenvalue weighted by atomic mass is 19.1. The lowest BCUT2D eigenvalue weighted by atomic mass is 10.1. The zero-order chi connectivity index (χ0) is 13.8. The third-order valence-corrected chi connectivity index (χ3v) is 3.14. The van der Waals surface area contributed by atoms with Crippen LogP contribution in [0.25, 0.3) is 0 Å². The topological polar surface area (TPSA) is 23.5 Å². The second-order valence-corrected chi connectivity index (χ2v) is 4.43. The summed E-state index contributed by atoms with van der Waals surface area (Å²) in [6, 6.07) is 14.2. The lowest BCUT2D eigenvalue weighted by molar-refractivity contribution is 0.199. The molecule has 2 nitrogen and oxygen atoms in total. The average molecular weight is 259 g/mol. The van der Waals surface area contributed by atoms with Crippen LogP contribution in [0.4, 0.5) is 15.8 Å². The molecule has 2 aromatic rings. The molecule has 0 amide bonds. The van der Waals surface area contributed by atoms with Crippen molar-refractivity contribution in [1.82, 2.24) is 0 Å². The number of para-hydroxylation sites is 2. The van der Waals surface area contributed by atoms with E-state index in [1.807, 2.05) is 42.2 Å². The minimum Gasteiger partial charge on any atom is -0.389 e. The van der Waals surface area contributed by atoms with Gasteiger partial charge in [0.1, 0.15) is 5.82 Å². The van der Waals surface area contributed by atoms with Crippen LogP contribution in [0.2, 0.25) is 0 Å². The Bertz CT molecular complexity index is 554. The van der Waals surface area contributed by atoms with E-state index < -0.39 is 6.10 Å². The molecule has 0 aliphatic rings. The number of benzene rings is 2. The summed E-state index contributed by atoms with van der Waals surface area (Å²) >= 11 is 0. The summed E-state index contributed by atoms with van der Waals surface area (Å²) in [6.45, 7) is 4.31. The summed E-state index contributed by atoms with van der Waals surface area (Å²) in [6.07, 6.45) is -0.586. The number of nitrogens with zero attached hydrogens (tertiary/aromatic N) is 1. The molecule has 100 valence electrons. The maximum absolute atomic E-state index is 13.9. The van der Waals surface area contributed by atoms with E-state index in [0.29, 0.717) is 12.2 Å². The number of hydrogen-bond acceptors (Lipinski definition) is 2. The molecule has 19 heavy (non-hydrogen) atoms. The van der Waals surface area contributed by atoms with Gasteiger partial charge in [0.2, 0.25) is 0 Å². The zero-order valence-electron chi connectivity index (χ0n) is 11.2. The van der Waals surface area contributed by atoms with Crippen molar-refractivity contribution in [2.45, 2.75) is 20.0 Å². The van der Waals surface area contributed by atoms with E-state index in [4.69, 9.17) is 0 Å². The molecule has 3 heteroatoms. The maximum Gasteiger partial charge on any atom is 0.146 e. The van der Waals surface area contributed by atoms with E-state index >= 15 is 0 Å². The van der Waals surface area contributed by atoms with Crippen LogP contribution in [-0.2, 0) is 0 Å². The van der Waals surface area contributed by atoms with Gasteiger partial charge in [-0.3, -0.25) is 0 Å². The van der Waals surface area contributed by atoms with E-state index in [1.54, 1.807) is 19.1 Å². The quantitative estimate of drug-likeness (QED) is 0.895. The third-order valence-electron chi connectivity index (χ3n) is 3.14. The average Bonchev–Trinajstić information content (AvgIpc) is 2.42. The minimum atomic E-state index is -0.586. The second-order valence-electron chi connectivity index (χ2n) is 4.43. The smallest absolute Gasteiger partial charge is 0.146 e. The number of aliphatic hydroxyl groups excluding tert-OH is 1. The molecular formula is C16H18FNO. The predicted molar refractivity (Wildman–Crippen MR) is 76.2 cm³/mol. The molecule has 0 fully saturated rings. The lowest BCUT2D eigenvalue weighted by Crippen LogP contribution is -2.19. The Morgan fingerprint density at radius 3 is 2.21 bits per heavy atom. The first kappa shape index (κ1) is 13.6. The fourth-order valence-corrected chi connectivity index (χ4v) is 2.23. The third kappa shape index (κ3) is 2.76. The van der Waals surface area contributed by atoms with Crippen molar-refractivity contribution in [1.29, 1.82) is 0 Å². The van der Waals surface area contributed by atoms with E-state index in [-0.39, 0.29) is 5.82 Å². The fourth-order valence-electron chi connectivity index (χ4n) is 2.23. The molecule has 0 saturated carbocycles. The van der Waals surface area contributed by atoms with Crippen LogP contribution in [0, 0.1) is 5.82 Å². The van der Waals surface area contributed by atoms with Crippen LogP contribution in [0.5, 0.6) is 0 Å². The van der Waals surface area contributed by atoms with Crippen molar-refractivity contribution in [3.8, 4) is 0 Å². The largest absolute Gasteiger partial charge is 0.389 e. The molecule has 0 aliphatic heterocycles. The highest BCUT2D eigenvalue weighted by Crippen LogP contribution is 2.32. The highest BCUT2D eigenvalue weighted by molar-refractivity contribution is 5.67. The number of hydrogen-bond donors (Lipinski definition) is 1. The van der Waals surface area contributed by atoms with Crippen molar-refractivity contribution in [3.63, 3.8) is 0 Å². The normalized spacial score (nSPS) is 12.2. The minimum absolute atomic E-state index is 0.259. The van der Waals surface area contributed by atoms with Crippen molar-refractivity contribution in [3.05, 3.63) is 59.9 Å². The first-order chi connectivity index (χ1) is 9.15. The molecule has 1 atom stereocenters. The van der Waals surface area contributed by atoms with Gasteiger partial charge in [0.25, 0.3) is 0 Å². The Hall–Kier alpha value is -1.87. The van der Waals surface area contributed by atoms with Crippen LogP contribution in [0.1, 0.15) is 25.5 Å².